The third kappa shape index (κ3) is 26.4. The molecule has 0 amide bonds. The highest BCUT2D eigenvalue weighted by molar-refractivity contribution is 5.70. The van der Waals surface area contributed by atoms with Crippen molar-refractivity contribution in [1.29, 1.82) is 0 Å². The molecule has 2 aliphatic rings. The second kappa shape index (κ2) is 37.9. The number of aliphatic hydroxyl groups excluding tert-OH is 7. The van der Waals surface area contributed by atoms with Crippen LogP contribution in [0.25, 0.3) is 0 Å². The second-order valence-electron chi connectivity index (χ2n) is 18.0. The lowest BCUT2D eigenvalue weighted by Crippen LogP contribution is -2.61. The smallest absolute Gasteiger partial charge is 0.306 e. The van der Waals surface area contributed by atoms with Crippen LogP contribution in [0.4, 0.5) is 0 Å². The fourth-order valence-electron chi connectivity index (χ4n) is 7.91. The summed E-state index contributed by atoms with van der Waals surface area (Å²) in [5, 5.41) is 72.0. The van der Waals surface area contributed by atoms with E-state index in [0.29, 0.717) is 12.8 Å². The molecule has 15 heteroatoms. The SMILES string of the molecule is CCCCCCC/C=C\CCCCCCCC(=O)OCC(COC1OC(COC2OC(CO)C(O)C(O)C2O)C(O)C(O)C1O)OC(=O)CCCCCCC/C=C\CCCCCCCC. The molecular weight excluding hydrogens is 841 g/mol. The maximum Gasteiger partial charge on any atom is 0.306 e. The molecule has 0 saturated carbocycles. The number of carbonyl (C=O) groups is 2. The number of rotatable bonds is 39. The third-order valence-corrected chi connectivity index (χ3v) is 12.2. The van der Waals surface area contributed by atoms with Crippen LogP contribution in [0.15, 0.2) is 24.3 Å². The number of hydrogen-bond acceptors (Lipinski definition) is 15. The van der Waals surface area contributed by atoms with Crippen LogP contribution >= 0.6 is 0 Å². The molecule has 11 unspecified atom stereocenters. The number of allylic oxidation sites excluding steroid dienone is 4. The number of aliphatic hydroxyl groups is 7. The number of esters is 2. The summed E-state index contributed by atoms with van der Waals surface area (Å²) < 4.78 is 33.5. The zero-order valence-corrected chi connectivity index (χ0v) is 40.0. The molecule has 11 atom stereocenters. The van der Waals surface area contributed by atoms with Gasteiger partial charge in [-0.05, 0) is 64.2 Å². The van der Waals surface area contributed by atoms with Crippen LogP contribution in [0, 0.1) is 0 Å². The molecule has 2 rings (SSSR count). The van der Waals surface area contributed by atoms with Gasteiger partial charge in [0.15, 0.2) is 18.7 Å². The van der Waals surface area contributed by atoms with Gasteiger partial charge in [-0.3, -0.25) is 9.59 Å². The van der Waals surface area contributed by atoms with Gasteiger partial charge in [-0.25, -0.2) is 0 Å². The summed E-state index contributed by atoms with van der Waals surface area (Å²) in [6.07, 6.45) is 20.6. The minimum Gasteiger partial charge on any atom is -0.462 e. The van der Waals surface area contributed by atoms with Gasteiger partial charge in [-0.1, -0.05) is 134 Å². The Bertz CT molecular complexity index is 1230. The molecule has 2 fully saturated rings. The number of hydrogen-bond donors (Lipinski definition) is 7. The molecule has 2 saturated heterocycles. The van der Waals surface area contributed by atoms with Crippen LogP contribution in [0.5, 0.6) is 0 Å². The van der Waals surface area contributed by atoms with Crippen molar-refractivity contribution in [3.63, 3.8) is 0 Å². The summed E-state index contributed by atoms with van der Waals surface area (Å²) in [4.78, 5) is 25.7. The Morgan fingerprint density at radius 2 is 0.877 bits per heavy atom. The number of carbonyl (C=O) groups excluding carboxylic acids is 2. The summed E-state index contributed by atoms with van der Waals surface area (Å²) in [5.74, 6) is -0.941. The molecule has 65 heavy (non-hydrogen) atoms. The number of unbranched alkanes of at least 4 members (excludes halogenated alkanes) is 21. The summed E-state index contributed by atoms with van der Waals surface area (Å²) in [6, 6.07) is 0. The van der Waals surface area contributed by atoms with Crippen molar-refractivity contribution in [2.24, 2.45) is 0 Å². The normalized spacial score (nSPS) is 26.5. The van der Waals surface area contributed by atoms with E-state index in [2.05, 4.69) is 38.2 Å². The Kier molecular flexibility index (Phi) is 34.5. The Balaban J connectivity index is 1.83. The first-order valence-electron chi connectivity index (χ1n) is 25.4. The highest BCUT2D eigenvalue weighted by Gasteiger charge is 2.47. The molecule has 0 aliphatic carbocycles. The standard InChI is InChI=1S/C50H90O15/c1-3-5-7-9-11-13-15-17-19-21-23-25-27-29-31-33-42(53)63-38(35-60-41(52)32-30-28-26-24-22-20-18-16-14-12-10-8-6-4-2)36-61-49-48(59)46(57)44(55)40(65-49)37-62-50-47(58)45(56)43(54)39(34-51)64-50/h16-19,38-40,43-51,54-59H,3-15,20-37H2,1-2H3/b18-16-,19-17-. The van der Waals surface area contributed by atoms with Gasteiger partial charge in [-0.2, -0.15) is 0 Å². The topological polar surface area (TPSA) is 231 Å². The minimum absolute atomic E-state index is 0.155. The van der Waals surface area contributed by atoms with Crippen LogP contribution in [-0.2, 0) is 38.0 Å². The van der Waals surface area contributed by atoms with E-state index in [1.54, 1.807) is 0 Å². The fraction of sp³-hybridized carbons (Fsp3) is 0.880. The highest BCUT2D eigenvalue weighted by Crippen LogP contribution is 2.26. The molecule has 7 N–H and O–H groups in total. The van der Waals surface area contributed by atoms with Crippen molar-refractivity contribution < 1.29 is 73.8 Å². The first-order chi connectivity index (χ1) is 31.5. The van der Waals surface area contributed by atoms with Gasteiger partial charge < -0.3 is 64.2 Å². The summed E-state index contributed by atoms with van der Waals surface area (Å²) in [7, 11) is 0. The lowest BCUT2D eigenvalue weighted by Gasteiger charge is -2.42. The van der Waals surface area contributed by atoms with Gasteiger partial charge in [0.2, 0.25) is 0 Å². The largest absolute Gasteiger partial charge is 0.462 e. The predicted molar refractivity (Wildman–Crippen MR) is 247 cm³/mol. The van der Waals surface area contributed by atoms with E-state index in [1.807, 2.05) is 0 Å². The van der Waals surface area contributed by atoms with Gasteiger partial charge >= 0.3 is 11.9 Å². The lowest BCUT2D eigenvalue weighted by molar-refractivity contribution is -0.332. The Hall–Kier alpha value is -2.02. The van der Waals surface area contributed by atoms with Crippen LogP contribution in [-0.4, -0.2) is 142 Å². The molecule has 0 aromatic rings. The zero-order valence-electron chi connectivity index (χ0n) is 40.0. The van der Waals surface area contributed by atoms with Crippen LogP contribution in [0.3, 0.4) is 0 Å². The molecule has 2 heterocycles. The molecular formula is C50H90O15. The molecule has 380 valence electrons. The zero-order chi connectivity index (χ0) is 47.5. The van der Waals surface area contributed by atoms with E-state index < -0.39 is 92.7 Å². The molecule has 0 spiro atoms. The Labute approximate surface area is 390 Å². The Morgan fingerprint density at radius 3 is 1.35 bits per heavy atom. The van der Waals surface area contributed by atoms with E-state index in [4.69, 9.17) is 28.4 Å². The monoisotopic (exact) mass is 931 g/mol. The van der Waals surface area contributed by atoms with Crippen LogP contribution in [0.1, 0.15) is 187 Å². The van der Waals surface area contributed by atoms with Crippen molar-refractivity contribution in [2.75, 3.05) is 26.4 Å². The average molecular weight is 931 g/mol. The molecule has 0 bridgehead atoms. The average Bonchev–Trinajstić information content (AvgIpc) is 3.30. The van der Waals surface area contributed by atoms with E-state index in [-0.39, 0.29) is 26.1 Å². The molecule has 2 aliphatic heterocycles. The fourth-order valence-corrected chi connectivity index (χ4v) is 7.91. The van der Waals surface area contributed by atoms with E-state index >= 15 is 0 Å². The van der Waals surface area contributed by atoms with Gasteiger partial charge in [0.05, 0.1) is 19.8 Å². The first-order valence-corrected chi connectivity index (χ1v) is 25.4. The summed E-state index contributed by atoms with van der Waals surface area (Å²) in [6.45, 7) is 2.56. The van der Waals surface area contributed by atoms with Crippen LogP contribution in [0.2, 0.25) is 0 Å². The molecule has 15 nitrogen and oxygen atoms in total. The lowest BCUT2D eigenvalue weighted by atomic mass is 9.98. The number of ether oxygens (including phenoxy) is 6. The van der Waals surface area contributed by atoms with Crippen molar-refractivity contribution in [1.82, 2.24) is 0 Å². The van der Waals surface area contributed by atoms with E-state index in [9.17, 15) is 45.3 Å². The summed E-state index contributed by atoms with van der Waals surface area (Å²) >= 11 is 0. The van der Waals surface area contributed by atoms with Crippen LogP contribution < -0.4 is 0 Å². The van der Waals surface area contributed by atoms with Crippen molar-refractivity contribution in [3.8, 4) is 0 Å². The highest BCUT2D eigenvalue weighted by atomic mass is 16.7. The molecule has 0 radical (unpaired) electrons. The van der Waals surface area contributed by atoms with E-state index in [1.165, 1.54) is 70.6 Å². The quantitative estimate of drug-likeness (QED) is 0.0192. The van der Waals surface area contributed by atoms with Gasteiger partial charge in [-0.15, -0.1) is 0 Å². The van der Waals surface area contributed by atoms with Crippen molar-refractivity contribution in [2.45, 2.75) is 255 Å². The maximum atomic E-state index is 13.0. The molecule has 0 aromatic heterocycles. The second-order valence-corrected chi connectivity index (χ2v) is 18.0. The molecule has 0 aromatic carbocycles. The van der Waals surface area contributed by atoms with Gasteiger partial charge in [0.25, 0.3) is 0 Å². The third-order valence-electron chi connectivity index (χ3n) is 12.2. The van der Waals surface area contributed by atoms with Gasteiger partial charge in [0.1, 0.15) is 55.4 Å². The summed E-state index contributed by atoms with van der Waals surface area (Å²) in [5.41, 5.74) is 0. The van der Waals surface area contributed by atoms with Crippen molar-refractivity contribution in [3.05, 3.63) is 24.3 Å². The Morgan fingerprint density at radius 1 is 0.477 bits per heavy atom. The predicted octanol–water partition coefficient (Wildman–Crippen LogP) is 6.77. The first kappa shape index (κ1) is 59.1. The maximum absolute atomic E-state index is 13.0. The van der Waals surface area contributed by atoms with Gasteiger partial charge in [0, 0.05) is 12.8 Å². The van der Waals surface area contributed by atoms with Crippen molar-refractivity contribution >= 4 is 11.9 Å². The minimum atomic E-state index is -1.77. The van der Waals surface area contributed by atoms with E-state index in [0.717, 1.165) is 77.0 Å².